The fraction of sp³-hybridized carbons (Fsp3) is 0.500. The number of aromatic hydroxyl groups is 1. The van der Waals surface area contributed by atoms with Crippen molar-refractivity contribution >= 4 is 11.0 Å². The summed E-state index contributed by atoms with van der Waals surface area (Å²) in [6, 6.07) is 5.18. The van der Waals surface area contributed by atoms with E-state index in [1.165, 1.54) is 0 Å². The van der Waals surface area contributed by atoms with Crippen molar-refractivity contribution in [3.8, 4) is 5.75 Å². The van der Waals surface area contributed by atoms with Crippen LogP contribution in [0.2, 0.25) is 0 Å². The van der Waals surface area contributed by atoms with Gasteiger partial charge in [0.15, 0.2) is 0 Å². The molecule has 0 bridgehead atoms. The second-order valence-electron chi connectivity index (χ2n) is 4.50. The summed E-state index contributed by atoms with van der Waals surface area (Å²) < 4.78 is 7.27. The van der Waals surface area contributed by atoms with Crippen molar-refractivity contribution in [2.75, 3.05) is 13.2 Å². The molecule has 5 nitrogen and oxygen atoms in total. The van der Waals surface area contributed by atoms with Crippen LogP contribution in [0.5, 0.6) is 5.75 Å². The predicted octanol–water partition coefficient (Wildman–Crippen LogP) is 1.56. The highest BCUT2D eigenvalue weighted by Gasteiger charge is 2.16. The normalized spacial score (nSPS) is 17.6. The molecule has 0 aliphatic carbocycles. The van der Waals surface area contributed by atoms with Crippen LogP contribution in [-0.2, 0) is 11.3 Å². The van der Waals surface area contributed by atoms with E-state index < -0.39 is 0 Å². The van der Waals surface area contributed by atoms with Crippen molar-refractivity contribution in [2.24, 2.45) is 5.92 Å². The largest absolute Gasteiger partial charge is 0.508 e. The average molecular weight is 233 g/mol. The minimum absolute atomic E-state index is 0.232. The third-order valence-corrected chi connectivity index (χ3v) is 3.27. The van der Waals surface area contributed by atoms with E-state index in [4.69, 9.17) is 4.74 Å². The van der Waals surface area contributed by atoms with Gasteiger partial charge in [0.1, 0.15) is 11.3 Å². The molecule has 17 heavy (non-hydrogen) atoms. The minimum Gasteiger partial charge on any atom is -0.508 e. The van der Waals surface area contributed by atoms with Gasteiger partial charge < -0.3 is 9.84 Å². The summed E-state index contributed by atoms with van der Waals surface area (Å²) in [6.07, 6.45) is 2.17. The molecule has 2 aromatic rings. The van der Waals surface area contributed by atoms with Gasteiger partial charge in [-0.1, -0.05) is 5.21 Å². The lowest BCUT2D eigenvalue weighted by Gasteiger charge is -2.21. The van der Waals surface area contributed by atoms with Crippen LogP contribution in [0, 0.1) is 5.92 Å². The van der Waals surface area contributed by atoms with Gasteiger partial charge in [0.25, 0.3) is 0 Å². The Bertz CT molecular complexity index is 517. The van der Waals surface area contributed by atoms with Gasteiger partial charge in [-0.25, -0.2) is 4.68 Å². The lowest BCUT2D eigenvalue weighted by Crippen LogP contribution is -2.20. The van der Waals surface area contributed by atoms with Gasteiger partial charge in [0, 0.05) is 25.8 Å². The number of ether oxygens (including phenoxy) is 1. The van der Waals surface area contributed by atoms with Crippen molar-refractivity contribution in [2.45, 2.75) is 19.4 Å². The molecule has 0 radical (unpaired) electrons. The first kappa shape index (κ1) is 10.5. The van der Waals surface area contributed by atoms with E-state index in [9.17, 15) is 5.11 Å². The van der Waals surface area contributed by atoms with Gasteiger partial charge in [0.2, 0.25) is 0 Å². The zero-order chi connectivity index (χ0) is 11.7. The van der Waals surface area contributed by atoms with Gasteiger partial charge >= 0.3 is 0 Å². The zero-order valence-corrected chi connectivity index (χ0v) is 9.54. The molecule has 1 fully saturated rings. The zero-order valence-electron chi connectivity index (χ0n) is 9.54. The second-order valence-corrected chi connectivity index (χ2v) is 4.50. The standard InChI is InChI=1S/C12H15N3O2/c16-10-1-2-12-11(7-10)13-14-15(12)8-9-3-5-17-6-4-9/h1-2,7,9,16H,3-6,8H2. The number of phenolic OH excluding ortho intramolecular Hbond substituents is 1. The van der Waals surface area contributed by atoms with E-state index in [0.29, 0.717) is 5.92 Å². The van der Waals surface area contributed by atoms with Crippen molar-refractivity contribution < 1.29 is 9.84 Å². The van der Waals surface area contributed by atoms with Gasteiger partial charge in [-0.15, -0.1) is 5.10 Å². The first-order valence-corrected chi connectivity index (χ1v) is 5.93. The number of hydrogen-bond acceptors (Lipinski definition) is 4. The Hall–Kier alpha value is -1.62. The molecule has 3 rings (SSSR count). The Morgan fingerprint density at radius 3 is 3.00 bits per heavy atom. The molecular weight excluding hydrogens is 218 g/mol. The number of aromatic nitrogens is 3. The number of benzene rings is 1. The van der Waals surface area contributed by atoms with Crippen molar-refractivity contribution in [3.05, 3.63) is 18.2 Å². The summed E-state index contributed by atoms with van der Waals surface area (Å²) in [5.41, 5.74) is 1.73. The average Bonchev–Trinajstić information content (AvgIpc) is 2.73. The van der Waals surface area contributed by atoms with Crippen molar-refractivity contribution in [1.29, 1.82) is 0 Å². The number of nitrogens with zero attached hydrogens (tertiary/aromatic N) is 3. The first-order valence-electron chi connectivity index (χ1n) is 5.93. The van der Waals surface area contributed by atoms with Crippen LogP contribution in [0.1, 0.15) is 12.8 Å². The van der Waals surface area contributed by atoms with Gasteiger partial charge in [0.05, 0.1) is 5.52 Å². The molecular formula is C12H15N3O2. The molecule has 0 spiro atoms. The van der Waals surface area contributed by atoms with Gasteiger partial charge in [-0.2, -0.15) is 0 Å². The summed E-state index contributed by atoms with van der Waals surface area (Å²) in [7, 11) is 0. The summed E-state index contributed by atoms with van der Waals surface area (Å²) in [5, 5.41) is 17.6. The minimum atomic E-state index is 0.232. The SMILES string of the molecule is Oc1ccc2c(c1)nnn2CC1CCOCC1. The predicted molar refractivity (Wildman–Crippen MR) is 62.7 cm³/mol. The Labute approximate surface area is 99.0 Å². The number of rotatable bonds is 2. The van der Waals surface area contributed by atoms with Crippen molar-refractivity contribution in [3.63, 3.8) is 0 Å². The van der Waals surface area contributed by atoms with Gasteiger partial charge in [-0.3, -0.25) is 0 Å². The number of phenols is 1. The van der Waals surface area contributed by atoms with E-state index in [-0.39, 0.29) is 5.75 Å². The quantitative estimate of drug-likeness (QED) is 0.855. The van der Waals surface area contributed by atoms with E-state index >= 15 is 0 Å². The molecule has 0 unspecified atom stereocenters. The third-order valence-electron chi connectivity index (χ3n) is 3.27. The lowest BCUT2D eigenvalue weighted by atomic mass is 10.0. The van der Waals surface area contributed by atoms with Crippen LogP contribution in [0.4, 0.5) is 0 Å². The molecule has 1 aliphatic heterocycles. The smallest absolute Gasteiger partial charge is 0.117 e. The molecule has 2 heterocycles. The lowest BCUT2D eigenvalue weighted by molar-refractivity contribution is 0.0604. The topological polar surface area (TPSA) is 60.2 Å². The van der Waals surface area contributed by atoms with E-state index in [1.807, 2.05) is 10.7 Å². The summed E-state index contributed by atoms with van der Waals surface area (Å²) >= 11 is 0. The fourth-order valence-electron chi connectivity index (χ4n) is 2.27. The molecule has 1 aromatic heterocycles. The highest BCUT2D eigenvalue weighted by molar-refractivity contribution is 5.75. The Morgan fingerprint density at radius 1 is 1.35 bits per heavy atom. The molecule has 90 valence electrons. The van der Waals surface area contributed by atoms with E-state index in [2.05, 4.69) is 10.3 Å². The Kier molecular flexibility index (Phi) is 2.68. The summed E-state index contributed by atoms with van der Waals surface area (Å²) in [5.74, 6) is 0.845. The summed E-state index contributed by atoms with van der Waals surface area (Å²) in [6.45, 7) is 2.57. The molecule has 0 atom stereocenters. The molecule has 1 N–H and O–H groups in total. The first-order chi connectivity index (χ1) is 8.33. The van der Waals surface area contributed by atoms with Crippen LogP contribution in [0.15, 0.2) is 18.2 Å². The molecule has 0 saturated carbocycles. The monoisotopic (exact) mass is 233 g/mol. The highest BCUT2D eigenvalue weighted by atomic mass is 16.5. The molecule has 1 saturated heterocycles. The Balaban J connectivity index is 1.84. The van der Waals surface area contributed by atoms with Crippen LogP contribution < -0.4 is 0 Å². The summed E-state index contributed by atoms with van der Waals surface area (Å²) in [4.78, 5) is 0. The molecule has 0 amide bonds. The van der Waals surface area contributed by atoms with Crippen molar-refractivity contribution in [1.82, 2.24) is 15.0 Å². The van der Waals surface area contributed by atoms with Crippen LogP contribution in [0.3, 0.4) is 0 Å². The van der Waals surface area contributed by atoms with E-state index in [0.717, 1.165) is 43.6 Å². The maximum absolute atomic E-state index is 9.37. The Morgan fingerprint density at radius 2 is 2.18 bits per heavy atom. The van der Waals surface area contributed by atoms with Gasteiger partial charge in [-0.05, 0) is 30.9 Å². The molecule has 1 aliphatic rings. The fourth-order valence-corrected chi connectivity index (χ4v) is 2.27. The highest BCUT2D eigenvalue weighted by Crippen LogP contribution is 2.21. The van der Waals surface area contributed by atoms with Crippen LogP contribution >= 0.6 is 0 Å². The number of fused-ring (bicyclic) bond motifs is 1. The van der Waals surface area contributed by atoms with Crippen LogP contribution in [-0.4, -0.2) is 33.3 Å². The molecule has 1 aromatic carbocycles. The maximum atomic E-state index is 9.37. The second kappa shape index (κ2) is 4.33. The van der Waals surface area contributed by atoms with E-state index in [1.54, 1.807) is 12.1 Å². The maximum Gasteiger partial charge on any atom is 0.117 e. The number of hydrogen-bond donors (Lipinski definition) is 1. The molecule has 5 heteroatoms. The van der Waals surface area contributed by atoms with Crippen LogP contribution in [0.25, 0.3) is 11.0 Å². The third kappa shape index (κ3) is 2.10.